The zero-order valence-electron chi connectivity index (χ0n) is 10.3. The largest absolute Gasteiger partial charge is 0.465 e. The Labute approximate surface area is 113 Å². The number of fused-ring (bicyclic) bond motifs is 1. The van der Waals surface area contributed by atoms with Crippen molar-refractivity contribution in [2.45, 2.75) is 0 Å². The molecule has 98 valence electrons. The summed E-state index contributed by atoms with van der Waals surface area (Å²) in [4.78, 5) is 19.0. The summed E-state index contributed by atoms with van der Waals surface area (Å²) in [7, 11) is 0. The molecule has 3 rings (SSSR count). The van der Waals surface area contributed by atoms with Crippen LogP contribution in [0.15, 0.2) is 47.2 Å². The van der Waals surface area contributed by atoms with E-state index in [2.05, 4.69) is 9.97 Å². The fourth-order valence-corrected chi connectivity index (χ4v) is 1.82. The fraction of sp³-hybridized carbons (Fsp3) is 0. The van der Waals surface area contributed by atoms with Crippen LogP contribution < -0.4 is 0 Å². The van der Waals surface area contributed by atoms with Crippen LogP contribution in [0, 0.1) is 10.1 Å². The standard InChI is InChI=1S/C14H9N3O3/c18-17(19)13-9-10-3-1-7-15-14(10)16-12(13)6-5-11-4-2-8-20-11/h1-9H. The second kappa shape index (κ2) is 4.93. The second-order valence-corrected chi connectivity index (χ2v) is 4.05. The molecular weight excluding hydrogens is 258 g/mol. The molecule has 3 heterocycles. The second-order valence-electron chi connectivity index (χ2n) is 4.05. The minimum absolute atomic E-state index is 0.0618. The molecule has 6 nitrogen and oxygen atoms in total. The minimum Gasteiger partial charge on any atom is -0.465 e. The summed E-state index contributed by atoms with van der Waals surface area (Å²) < 4.78 is 5.14. The van der Waals surface area contributed by atoms with E-state index in [1.807, 2.05) is 0 Å². The number of aromatic nitrogens is 2. The maximum Gasteiger partial charge on any atom is 0.295 e. The van der Waals surface area contributed by atoms with E-state index in [9.17, 15) is 10.1 Å². The summed E-state index contributed by atoms with van der Waals surface area (Å²) >= 11 is 0. The topological polar surface area (TPSA) is 82.1 Å². The number of nitrogens with zero attached hydrogens (tertiary/aromatic N) is 3. The van der Waals surface area contributed by atoms with Gasteiger partial charge in [-0.25, -0.2) is 9.97 Å². The first-order valence-corrected chi connectivity index (χ1v) is 5.86. The van der Waals surface area contributed by atoms with Gasteiger partial charge in [-0.3, -0.25) is 10.1 Å². The maximum atomic E-state index is 11.1. The summed E-state index contributed by atoms with van der Waals surface area (Å²) in [6.45, 7) is 0. The molecule has 0 bridgehead atoms. The highest BCUT2D eigenvalue weighted by atomic mass is 16.6. The van der Waals surface area contributed by atoms with Gasteiger partial charge in [-0.1, -0.05) is 0 Å². The van der Waals surface area contributed by atoms with E-state index in [1.165, 1.54) is 12.3 Å². The molecular formula is C14H9N3O3. The lowest BCUT2D eigenvalue weighted by atomic mass is 10.2. The molecule has 0 fully saturated rings. The summed E-state index contributed by atoms with van der Waals surface area (Å²) in [5, 5.41) is 11.7. The number of rotatable bonds is 3. The highest BCUT2D eigenvalue weighted by Crippen LogP contribution is 2.23. The third-order valence-electron chi connectivity index (χ3n) is 2.74. The summed E-state index contributed by atoms with van der Waals surface area (Å²) in [6, 6.07) is 8.41. The van der Waals surface area contributed by atoms with E-state index in [1.54, 1.807) is 42.6 Å². The average Bonchev–Trinajstić information content (AvgIpc) is 2.97. The van der Waals surface area contributed by atoms with Gasteiger partial charge < -0.3 is 4.42 Å². The highest BCUT2D eigenvalue weighted by Gasteiger charge is 2.15. The van der Waals surface area contributed by atoms with Gasteiger partial charge in [-0.2, -0.15) is 0 Å². The third kappa shape index (κ3) is 2.26. The Morgan fingerprint density at radius 3 is 2.90 bits per heavy atom. The first kappa shape index (κ1) is 12.0. The van der Waals surface area contributed by atoms with Gasteiger partial charge in [-0.15, -0.1) is 0 Å². The molecule has 0 aliphatic heterocycles. The molecule has 0 aliphatic rings. The van der Waals surface area contributed by atoms with E-state index in [4.69, 9.17) is 4.42 Å². The molecule has 0 aliphatic carbocycles. The van der Waals surface area contributed by atoms with Crippen LogP contribution in [-0.4, -0.2) is 14.9 Å². The summed E-state index contributed by atoms with van der Waals surface area (Å²) in [5.41, 5.74) is 0.656. The summed E-state index contributed by atoms with van der Waals surface area (Å²) in [5.74, 6) is 0.599. The summed E-state index contributed by atoms with van der Waals surface area (Å²) in [6.07, 6.45) is 6.31. The van der Waals surface area contributed by atoms with Crippen molar-refractivity contribution in [3.05, 3.63) is 64.4 Å². The molecule has 0 N–H and O–H groups in total. The van der Waals surface area contributed by atoms with Crippen molar-refractivity contribution in [1.29, 1.82) is 0 Å². The normalized spacial score (nSPS) is 11.2. The molecule has 3 aromatic heterocycles. The number of hydrogen-bond donors (Lipinski definition) is 0. The van der Waals surface area contributed by atoms with Crippen LogP contribution in [0.3, 0.4) is 0 Å². The van der Waals surface area contributed by atoms with Crippen LogP contribution in [0.2, 0.25) is 0 Å². The maximum absolute atomic E-state index is 11.1. The Bertz CT molecular complexity index is 795. The molecule has 0 aromatic carbocycles. The quantitative estimate of drug-likeness (QED) is 0.537. The molecule has 0 spiro atoms. The smallest absolute Gasteiger partial charge is 0.295 e. The third-order valence-corrected chi connectivity index (χ3v) is 2.74. The van der Waals surface area contributed by atoms with E-state index < -0.39 is 4.92 Å². The number of furan rings is 1. The molecule has 0 amide bonds. The molecule has 0 radical (unpaired) electrons. The van der Waals surface area contributed by atoms with Gasteiger partial charge in [-0.05, 0) is 36.4 Å². The average molecular weight is 267 g/mol. The van der Waals surface area contributed by atoms with Gasteiger partial charge in [0.05, 0.1) is 11.2 Å². The Kier molecular flexibility index (Phi) is 2.96. The van der Waals surface area contributed by atoms with Crippen LogP contribution in [0.5, 0.6) is 0 Å². The van der Waals surface area contributed by atoms with Crippen LogP contribution in [0.1, 0.15) is 11.5 Å². The van der Waals surface area contributed by atoms with Crippen molar-refractivity contribution in [2.24, 2.45) is 0 Å². The minimum atomic E-state index is -0.457. The Hall–Kier alpha value is -3.02. The van der Waals surface area contributed by atoms with E-state index >= 15 is 0 Å². The molecule has 6 heteroatoms. The van der Waals surface area contributed by atoms with Crippen molar-refractivity contribution in [3.8, 4) is 0 Å². The SMILES string of the molecule is O=[N+]([O-])c1cc2cccnc2nc1C=Cc1ccco1. The molecule has 0 saturated carbocycles. The zero-order chi connectivity index (χ0) is 13.9. The van der Waals surface area contributed by atoms with Crippen molar-refractivity contribution in [3.63, 3.8) is 0 Å². The number of nitro groups is 1. The molecule has 20 heavy (non-hydrogen) atoms. The Morgan fingerprint density at radius 1 is 1.25 bits per heavy atom. The van der Waals surface area contributed by atoms with Gasteiger partial charge in [0.15, 0.2) is 5.65 Å². The lowest BCUT2D eigenvalue weighted by molar-refractivity contribution is -0.385. The van der Waals surface area contributed by atoms with Crippen molar-refractivity contribution >= 4 is 28.9 Å². The highest BCUT2D eigenvalue weighted by molar-refractivity contribution is 5.82. The Balaban J connectivity index is 2.12. The Morgan fingerprint density at radius 2 is 2.15 bits per heavy atom. The molecule has 3 aromatic rings. The van der Waals surface area contributed by atoms with E-state index in [-0.39, 0.29) is 11.4 Å². The predicted molar refractivity (Wildman–Crippen MR) is 73.8 cm³/mol. The molecule has 0 atom stereocenters. The monoisotopic (exact) mass is 267 g/mol. The van der Waals surface area contributed by atoms with Gasteiger partial charge in [0, 0.05) is 17.6 Å². The van der Waals surface area contributed by atoms with Crippen LogP contribution in [-0.2, 0) is 0 Å². The van der Waals surface area contributed by atoms with Gasteiger partial charge in [0.25, 0.3) is 5.69 Å². The van der Waals surface area contributed by atoms with Crippen LogP contribution in [0.25, 0.3) is 23.2 Å². The zero-order valence-corrected chi connectivity index (χ0v) is 10.3. The first-order valence-electron chi connectivity index (χ1n) is 5.86. The number of pyridine rings is 2. The van der Waals surface area contributed by atoms with Crippen LogP contribution >= 0.6 is 0 Å². The van der Waals surface area contributed by atoms with E-state index in [0.717, 1.165) is 0 Å². The predicted octanol–water partition coefficient (Wildman–Crippen LogP) is 3.30. The van der Waals surface area contributed by atoms with Crippen molar-refractivity contribution < 1.29 is 9.34 Å². The molecule has 0 unspecified atom stereocenters. The van der Waals surface area contributed by atoms with Gasteiger partial charge >= 0.3 is 0 Å². The van der Waals surface area contributed by atoms with Gasteiger partial charge in [0.2, 0.25) is 0 Å². The molecule has 0 saturated heterocycles. The van der Waals surface area contributed by atoms with E-state index in [0.29, 0.717) is 16.8 Å². The lowest BCUT2D eigenvalue weighted by Gasteiger charge is -2.00. The fourth-order valence-electron chi connectivity index (χ4n) is 1.82. The van der Waals surface area contributed by atoms with Crippen molar-refractivity contribution in [1.82, 2.24) is 9.97 Å². The van der Waals surface area contributed by atoms with Gasteiger partial charge in [0.1, 0.15) is 11.5 Å². The lowest BCUT2D eigenvalue weighted by Crippen LogP contribution is -1.96. The van der Waals surface area contributed by atoms with Crippen LogP contribution in [0.4, 0.5) is 5.69 Å². The first-order chi connectivity index (χ1) is 9.74. The van der Waals surface area contributed by atoms with Crippen molar-refractivity contribution in [2.75, 3.05) is 0 Å². The number of hydrogen-bond acceptors (Lipinski definition) is 5.